The summed E-state index contributed by atoms with van der Waals surface area (Å²) >= 11 is 6.09. The molecule has 3 aromatic rings. The SMILES string of the molecule is O=C(NCC1CC1)c1cnccc1Nc1cc(-c2cc(Cl)ccc2F)c(=O)n2c1NCCC2. The van der Waals surface area contributed by atoms with E-state index in [1.165, 1.54) is 24.4 Å². The molecule has 33 heavy (non-hydrogen) atoms. The van der Waals surface area contributed by atoms with Crippen molar-refractivity contribution in [3.8, 4) is 11.1 Å². The van der Waals surface area contributed by atoms with Crippen LogP contribution in [0.15, 0.2) is 47.5 Å². The number of aromatic nitrogens is 2. The van der Waals surface area contributed by atoms with Gasteiger partial charge in [-0.2, -0.15) is 0 Å². The van der Waals surface area contributed by atoms with E-state index in [-0.39, 0.29) is 22.6 Å². The van der Waals surface area contributed by atoms with Crippen molar-refractivity contribution in [1.29, 1.82) is 0 Å². The van der Waals surface area contributed by atoms with Gasteiger partial charge in [-0.15, -0.1) is 0 Å². The van der Waals surface area contributed by atoms with Crippen molar-refractivity contribution in [2.24, 2.45) is 5.92 Å². The number of halogens is 2. The number of rotatable bonds is 6. The third-order valence-electron chi connectivity index (χ3n) is 5.94. The van der Waals surface area contributed by atoms with Crippen LogP contribution in [0, 0.1) is 11.7 Å². The molecule has 0 bridgehead atoms. The summed E-state index contributed by atoms with van der Waals surface area (Å²) in [5, 5.41) is 9.83. The summed E-state index contributed by atoms with van der Waals surface area (Å²) in [5.74, 6) is 0.400. The van der Waals surface area contributed by atoms with Crippen molar-refractivity contribution < 1.29 is 9.18 Å². The summed E-state index contributed by atoms with van der Waals surface area (Å²) < 4.78 is 16.2. The Balaban J connectivity index is 1.57. The summed E-state index contributed by atoms with van der Waals surface area (Å²) in [5.41, 5.74) is 1.53. The molecule has 0 saturated heterocycles. The van der Waals surface area contributed by atoms with Crippen molar-refractivity contribution in [2.45, 2.75) is 25.8 Å². The lowest BCUT2D eigenvalue weighted by molar-refractivity contribution is 0.0952. The van der Waals surface area contributed by atoms with Gasteiger partial charge in [0.25, 0.3) is 11.5 Å². The second-order valence-corrected chi connectivity index (χ2v) is 8.82. The molecule has 2 aliphatic rings. The molecule has 9 heteroatoms. The number of benzene rings is 1. The summed E-state index contributed by atoms with van der Waals surface area (Å²) in [6.45, 7) is 1.84. The van der Waals surface area contributed by atoms with Crippen molar-refractivity contribution in [3.63, 3.8) is 0 Å². The maximum absolute atomic E-state index is 14.6. The third-order valence-corrected chi connectivity index (χ3v) is 6.18. The topological polar surface area (TPSA) is 88.1 Å². The Bertz CT molecular complexity index is 1290. The zero-order valence-corrected chi connectivity index (χ0v) is 18.6. The average molecular weight is 468 g/mol. The van der Waals surface area contributed by atoms with Crippen LogP contribution in [-0.4, -0.2) is 28.5 Å². The molecule has 0 unspecified atom stereocenters. The number of carbonyl (C=O) groups excluding carboxylic acids is 1. The summed E-state index contributed by atoms with van der Waals surface area (Å²) in [6, 6.07) is 7.45. The second-order valence-electron chi connectivity index (χ2n) is 8.38. The van der Waals surface area contributed by atoms with Crippen molar-refractivity contribution in [2.75, 3.05) is 23.7 Å². The van der Waals surface area contributed by atoms with Crippen LogP contribution in [0.3, 0.4) is 0 Å². The number of carbonyl (C=O) groups is 1. The number of hydrogen-bond acceptors (Lipinski definition) is 5. The molecule has 1 aliphatic heterocycles. The monoisotopic (exact) mass is 467 g/mol. The third kappa shape index (κ3) is 4.43. The van der Waals surface area contributed by atoms with E-state index in [0.717, 1.165) is 19.3 Å². The normalized spacial score (nSPS) is 14.8. The fourth-order valence-corrected chi connectivity index (χ4v) is 4.16. The molecule has 170 valence electrons. The summed E-state index contributed by atoms with van der Waals surface area (Å²) in [6.07, 6.45) is 6.14. The lowest BCUT2D eigenvalue weighted by Gasteiger charge is -2.25. The molecule has 1 amide bonds. The molecule has 3 N–H and O–H groups in total. The fraction of sp³-hybridized carbons (Fsp3) is 0.292. The maximum atomic E-state index is 14.6. The van der Waals surface area contributed by atoms with Crippen LogP contribution in [0.1, 0.15) is 29.6 Å². The number of fused-ring (bicyclic) bond motifs is 1. The van der Waals surface area contributed by atoms with Crippen LogP contribution in [0.4, 0.5) is 21.6 Å². The highest BCUT2D eigenvalue weighted by Gasteiger charge is 2.24. The van der Waals surface area contributed by atoms with Gasteiger partial charge in [0.2, 0.25) is 0 Å². The van der Waals surface area contributed by atoms with E-state index in [1.807, 2.05) is 0 Å². The van der Waals surface area contributed by atoms with Crippen LogP contribution in [0.2, 0.25) is 5.02 Å². The summed E-state index contributed by atoms with van der Waals surface area (Å²) in [7, 11) is 0. The van der Waals surface area contributed by atoms with Gasteiger partial charge in [0.05, 0.1) is 22.5 Å². The molecule has 1 aromatic carbocycles. The van der Waals surface area contributed by atoms with Crippen molar-refractivity contribution >= 4 is 34.7 Å². The van der Waals surface area contributed by atoms with Crippen molar-refractivity contribution in [1.82, 2.24) is 14.9 Å². The van der Waals surface area contributed by atoms with Gasteiger partial charge in [-0.05, 0) is 55.5 Å². The van der Waals surface area contributed by atoms with E-state index >= 15 is 0 Å². The van der Waals surface area contributed by atoms with Gasteiger partial charge >= 0.3 is 0 Å². The van der Waals surface area contributed by atoms with E-state index in [0.29, 0.717) is 53.3 Å². The highest BCUT2D eigenvalue weighted by atomic mass is 35.5. The molecule has 1 saturated carbocycles. The zero-order chi connectivity index (χ0) is 22.9. The number of pyridine rings is 2. The Morgan fingerprint density at radius 1 is 1.21 bits per heavy atom. The lowest BCUT2D eigenvalue weighted by Crippen LogP contribution is -2.31. The molecule has 3 heterocycles. The minimum absolute atomic E-state index is 0.133. The zero-order valence-electron chi connectivity index (χ0n) is 17.8. The molecule has 0 atom stereocenters. The first kappa shape index (κ1) is 21.5. The average Bonchev–Trinajstić information content (AvgIpc) is 3.66. The molecule has 2 aromatic heterocycles. The van der Waals surface area contributed by atoms with E-state index < -0.39 is 5.82 Å². The van der Waals surface area contributed by atoms with Crippen LogP contribution < -0.4 is 21.5 Å². The molecular weight excluding hydrogens is 445 g/mol. The van der Waals surface area contributed by atoms with Crippen LogP contribution in [-0.2, 0) is 6.54 Å². The first-order chi connectivity index (χ1) is 16.0. The Hall–Kier alpha value is -3.39. The molecule has 0 spiro atoms. The minimum atomic E-state index is -0.532. The van der Waals surface area contributed by atoms with Crippen LogP contribution in [0.5, 0.6) is 0 Å². The number of nitrogens with zero attached hydrogens (tertiary/aromatic N) is 2. The fourth-order valence-electron chi connectivity index (χ4n) is 3.99. The molecule has 7 nitrogen and oxygen atoms in total. The predicted molar refractivity (Wildman–Crippen MR) is 127 cm³/mol. The number of amides is 1. The maximum Gasteiger partial charge on any atom is 0.260 e. The first-order valence-corrected chi connectivity index (χ1v) is 11.4. The number of anilines is 3. The smallest absolute Gasteiger partial charge is 0.260 e. The van der Waals surface area contributed by atoms with Gasteiger partial charge in [-0.1, -0.05) is 11.6 Å². The molecule has 1 fully saturated rings. The first-order valence-electron chi connectivity index (χ1n) is 11.0. The predicted octanol–water partition coefficient (Wildman–Crippen LogP) is 4.40. The Morgan fingerprint density at radius 2 is 2.06 bits per heavy atom. The van der Waals surface area contributed by atoms with Gasteiger partial charge in [-0.25, -0.2) is 4.39 Å². The molecule has 0 radical (unpaired) electrons. The highest BCUT2D eigenvalue weighted by Crippen LogP contribution is 2.33. The molecule has 5 rings (SSSR count). The molecular formula is C24H23ClFN5O2. The number of nitrogens with one attached hydrogen (secondary N) is 3. The Labute approximate surface area is 195 Å². The second kappa shape index (κ2) is 8.86. The Kier molecular flexibility index (Phi) is 5.76. The van der Waals surface area contributed by atoms with Crippen molar-refractivity contribution in [3.05, 3.63) is 69.5 Å². The van der Waals surface area contributed by atoms with E-state index in [2.05, 4.69) is 20.9 Å². The lowest BCUT2D eigenvalue weighted by atomic mass is 10.0. The van der Waals surface area contributed by atoms with Gasteiger partial charge in [0, 0.05) is 42.6 Å². The van der Waals surface area contributed by atoms with E-state index in [1.54, 1.807) is 22.9 Å². The quantitative estimate of drug-likeness (QED) is 0.500. The highest BCUT2D eigenvalue weighted by molar-refractivity contribution is 6.30. The minimum Gasteiger partial charge on any atom is -0.370 e. The largest absolute Gasteiger partial charge is 0.370 e. The van der Waals surface area contributed by atoms with Gasteiger partial charge < -0.3 is 16.0 Å². The standard InChI is InChI=1S/C24H23ClFN5O2/c25-15-4-5-19(26)16(10-15)17-11-21(22-28-7-1-9-31(22)24(17)33)30-20-6-8-27-13-18(20)23(32)29-12-14-2-3-14/h4-6,8,10-11,13-14,28H,1-3,7,9,12H2,(H,27,30)(H,29,32). The van der Waals surface area contributed by atoms with Crippen LogP contribution in [0.25, 0.3) is 11.1 Å². The van der Waals surface area contributed by atoms with Gasteiger partial charge in [-0.3, -0.25) is 19.1 Å². The van der Waals surface area contributed by atoms with E-state index in [9.17, 15) is 14.0 Å². The molecule has 1 aliphatic carbocycles. The van der Waals surface area contributed by atoms with Gasteiger partial charge in [0.1, 0.15) is 11.6 Å². The summed E-state index contributed by atoms with van der Waals surface area (Å²) in [4.78, 5) is 30.1. The van der Waals surface area contributed by atoms with E-state index in [4.69, 9.17) is 11.6 Å². The van der Waals surface area contributed by atoms with Crippen LogP contribution >= 0.6 is 11.6 Å². The van der Waals surface area contributed by atoms with Gasteiger partial charge in [0.15, 0.2) is 0 Å². The number of hydrogen-bond donors (Lipinski definition) is 3. The Morgan fingerprint density at radius 3 is 2.88 bits per heavy atom.